The number of hydrogen-bond acceptors (Lipinski definition) is 4. The minimum Gasteiger partial charge on any atom is -0.392 e. The highest BCUT2D eigenvalue weighted by Crippen LogP contribution is 2.26. The Kier molecular flexibility index (Phi) is 6.76. The molecule has 2 aromatic rings. The number of benzene rings is 2. The molecule has 6 nitrogen and oxygen atoms in total. The van der Waals surface area contributed by atoms with Crippen molar-refractivity contribution >= 4 is 33.2 Å². The predicted molar refractivity (Wildman–Crippen MR) is 109 cm³/mol. The molecule has 1 aliphatic heterocycles. The number of rotatable bonds is 4. The second kappa shape index (κ2) is 8.97. The van der Waals surface area contributed by atoms with E-state index in [2.05, 4.69) is 5.32 Å². The number of amides is 1. The van der Waals surface area contributed by atoms with Crippen molar-refractivity contribution in [3.63, 3.8) is 0 Å². The summed E-state index contributed by atoms with van der Waals surface area (Å²) in [5.41, 5.74) is 0.100. The number of aliphatic hydroxyl groups is 1. The third-order valence-corrected chi connectivity index (χ3v) is 7.05. The van der Waals surface area contributed by atoms with Crippen molar-refractivity contribution in [1.82, 2.24) is 4.31 Å². The molecule has 2 N–H and O–H groups in total. The van der Waals surface area contributed by atoms with Gasteiger partial charge < -0.3 is 10.4 Å². The normalized spacial score (nSPS) is 20.6. The average molecular weight is 459 g/mol. The van der Waals surface area contributed by atoms with Crippen molar-refractivity contribution in [2.45, 2.75) is 30.8 Å². The lowest BCUT2D eigenvalue weighted by molar-refractivity contribution is 0.102. The van der Waals surface area contributed by atoms with E-state index >= 15 is 0 Å². The lowest BCUT2D eigenvalue weighted by Crippen LogP contribution is -2.38. The smallest absolute Gasteiger partial charge is 0.255 e. The fourth-order valence-corrected chi connectivity index (χ4v) is 5.14. The van der Waals surface area contributed by atoms with E-state index in [1.54, 1.807) is 0 Å². The van der Waals surface area contributed by atoms with Gasteiger partial charge in [-0.1, -0.05) is 18.5 Å². The van der Waals surface area contributed by atoms with E-state index in [0.29, 0.717) is 12.8 Å². The molecule has 0 aromatic heterocycles. The van der Waals surface area contributed by atoms with Crippen molar-refractivity contribution in [3.8, 4) is 0 Å². The molecule has 0 aliphatic carbocycles. The van der Waals surface area contributed by atoms with Gasteiger partial charge in [-0.15, -0.1) is 0 Å². The van der Waals surface area contributed by atoms with E-state index in [0.717, 1.165) is 28.6 Å². The van der Waals surface area contributed by atoms with E-state index < -0.39 is 38.6 Å². The van der Waals surface area contributed by atoms with Gasteiger partial charge in [0.2, 0.25) is 10.0 Å². The number of aliphatic hydroxyl groups excluding tert-OH is 1. The number of β-amino-alcohol motifs (C(OH)–C–C–N with tert-alkyl or cyclic N) is 1. The SMILES string of the molecule is CC1CCC(O)CN(S(=O)(=O)c2cc(C(=O)Nc3ccc(F)c(Cl)c3)ccc2F)C1. The number of sulfonamides is 1. The summed E-state index contributed by atoms with van der Waals surface area (Å²) in [6, 6.07) is 6.57. The first-order chi connectivity index (χ1) is 14.1. The molecule has 2 unspecified atom stereocenters. The van der Waals surface area contributed by atoms with Crippen LogP contribution in [-0.4, -0.2) is 42.9 Å². The minimum atomic E-state index is -4.28. The van der Waals surface area contributed by atoms with Gasteiger partial charge in [0.25, 0.3) is 5.91 Å². The van der Waals surface area contributed by atoms with E-state index in [1.807, 2.05) is 6.92 Å². The number of carbonyl (C=O) groups is 1. The van der Waals surface area contributed by atoms with E-state index in [4.69, 9.17) is 11.6 Å². The van der Waals surface area contributed by atoms with Crippen LogP contribution in [0.5, 0.6) is 0 Å². The Morgan fingerprint density at radius 3 is 2.53 bits per heavy atom. The van der Waals surface area contributed by atoms with Gasteiger partial charge >= 0.3 is 0 Å². The summed E-state index contributed by atoms with van der Waals surface area (Å²) in [4.78, 5) is 11.9. The molecule has 10 heteroatoms. The molecular weight excluding hydrogens is 438 g/mol. The zero-order chi connectivity index (χ0) is 22.1. The molecule has 2 atom stereocenters. The van der Waals surface area contributed by atoms with E-state index in [1.165, 1.54) is 12.1 Å². The Morgan fingerprint density at radius 2 is 1.83 bits per heavy atom. The first-order valence-electron chi connectivity index (χ1n) is 9.32. The van der Waals surface area contributed by atoms with Crippen LogP contribution in [0.25, 0.3) is 0 Å². The highest BCUT2D eigenvalue weighted by Gasteiger charge is 2.33. The maximum Gasteiger partial charge on any atom is 0.255 e. The number of nitrogens with zero attached hydrogens (tertiary/aromatic N) is 1. The average Bonchev–Trinajstić information content (AvgIpc) is 2.86. The van der Waals surface area contributed by atoms with Crippen LogP contribution in [0.4, 0.5) is 14.5 Å². The van der Waals surface area contributed by atoms with Gasteiger partial charge in [0.15, 0.2) is 0 Å². The Labute approximate surface area is 178 Å². The van der Waals surface area contributed by atoms with Crippen LogP contribution in [0.1, 0.15) is 30.1 Å². The van der Waals surface area contributed by atoms with E-state index in [-0.39, 0.29) is 35.3 Å². The number of halogens is 3. The van der Waals surface area contributed by atoms with Crippen LogP contribution in [0.15, 0.2) is 41.3 Å². The van der Waals surface area contributed by atoms with Gasteiger partial charge in [-0.05, 0) is 55.2 Å². The summed E-state index contributed by atoms with van der Waals surface area (Å²) in [6.45, 7) is 1.86. The summed E-state index contributed by atoms with van der Waals surface area (Å²) in [5.74, 6) is -2.37. The molecule has 0 bridgehead atoms. The predicted octanol–water partition coefficient (Wildman–Crippen LogP) is 3.65. The van der Waals surface area contributed by atoms with Crippen molar-refractivity contribution in [3.05, 3.63) is 58.6 Å². The van der Waals surface area contributed by atoms with Crippen LogP contribution < -0.4 is 5.32 Å². The summed E-state index contributed by atoms with van der Waals surface area (Å²) in [6.07, 6.45) is 0.263. The van der Waals surface area contributed by atoms with Crippen molar-refractivity contribution < 1.29 is 27.1 Å². The highest BCUT2D eigenvalue weighted by atomic mass is 35.5. The van der Waals surface area contributed by atoms with Crippen LogP contribution >= 0.6 is 11.6 Å². The molecule has 0 radical (unpaired) electrons. The zero-order valence-corrected chi connectivity index (χ0v) is 17.7. The fourth-order valence-electron chi connectivity index (χ4n) is 3.27. The maximum atomic E-state index is 14.4. The molecule has 162 valence electrons. The van der Waals surface area contributed by atoms with Crippen molar-refractivity contribution in [2.24, 2.45) is 5.92 Å². The molecule has 1 amide bonds. The maximum absolute atomic E-state index is 14.4. The van der Waals surface area contributed by atoms with Crippen LogP contribution in [0.3, 0.4) is 0 Å². The Balaban J connectivity index is 1.90. The van der Waals surface area contributed by atoms with Crippen LogP contribution in [0.2, 0.25) is 5.02 Å². The lowest BCUT2D eigenvalue weighted by Gasteiger charge is -2.23. The standard InChI is InChI=1S/C20H21ClF2N2O4S/c1-12-2-5-15(26)11-25(10-12)30(28,29)19-8-13(3-6-18(19)23)20(27)24-14-4-7-17(22)16(21)9-14/h3-4,6-9,12,15,26H,2,5,10-11H2,1H3,(H,24,27). The topological polar surface area (TPSA) is 86.7 Å². The second-order valence-electron chi connectivity index (χ2n) is 7.39. The summed E-state index contributed by atoms with van der Waals surface area (Å²) >= 11 is 5.69. The van der Waals surface area contributed by atoms with Crippen LogP contribution in [-0.2, 0) is 10.0 Å². The van der Waals surface area contributed by atoms with Gasteiger partial charge in [-0.3, -0.25) is 4.79 Å². The lowest BCUT2D eigenvalue weighted by atomic mass is 10.1. The number of hydrogen-bond donors (Lipinski definition) is 2. The molecule has 1 aliphatic rings. The molecule has 1 fully saturated rings. The summed E-state index contributed by atoms with van der Waals surface area (Å²) in [5, 5.41) is 12.3. The van der Waals surface area contributed by atoms with Gasteiger partial charge in [0.1, 0.15) is 16.5 Å². The second-order valence-corrected chi connectivity index (χ2v) is 9.70. The Morgan fingerprint density at radius 1 is 1.13 bits per heavy atom. The summed E-state index contributed by atoms with van der Waals surface area (Å²) in [7, 11) is -4.28. The third kappa shape index (κ3) is 4.97. The fraction of sp³-hybridized carbons (Fsp3) is 0.350. The molecule has 3 rings (SSSR count). The summed E-state index contributed by atoms with van der Waals surface area (Å²) < 4.78 is 54.9. The van der Waals surface area contributed by atoms with Crippen molar-refractivity contribution in [1.29, 1.82) is 0 Å². The number of carbonyl (C=O) groups excluding carboxylic acids is 1. The first-order valence-corrected chi connectivity index (χ1v) is 11.1. The van der Waals surface area contributed by atoms with Gasteiger partial charge in [0.05, 0.1) is 11.1 Å². The Bertz CT molecular complexity index is 1050. The number of anilines is 1. The molecule has 1 heterocycles. The zero-order valence-electron chi connectivity index (χ0n) is 16.1. The molecular formula is C20H21ClF2N2O4S. The highest BCUT2D eigenvalue weighted by molar-refractivity contribution is 7.89. The first kappa shape index (κ1) is 22.6. The third-order valence-electron chi connectivity index (χ3n) is 4.91. The van der Waals surface area contributed by atoms with Crippen LogP contribution in [0, 0.1) is 17.6 Å². The quantitative estimate of drug-likeness (QED) is 0.732. The minimum absolute atomic E-state index is 0.00491. The Hall–Kier alpha value is -2.07. The van der Waals surface area contributed by atoms with Gasteiger partial charge in [-0.2, -0.15) is 4.31 Å². The molecule has 30 heavy (non-hydrogen) atoms. The largest absolute Gasteiger partial charge is 0.392 e. The van der Waals surface area contributed by atoms with Gasteiger partial charge in [0, 0.05) is 24.3 Å². The van der Waals surface area contributed by atoms with E-state index in [9.17, 15) is 27.1 Å². The van der Waals surface area contributed by atoms with Crippen molar-refractivity contribution in [2.75, 3.05) is 18.4 Å². The monoisotopic (exact) mass is 458 g/mol. The molecule has 0 saturated carbocycles. The molecule has 1 saturated heterocycles. The molecule has 2 aromatic carbocycles. The number of nitrogens with one attached hydrogen (secondary N) is 1. The molecule has 0 spiro atoms. The van der Waals surface area contributed by atoms with Gasteiger partial charge in [-0.25, -0.2) is 17.2 Å².